The molecule has 0 spiro atoms. The molecule has 0 saturated carbocycles. The number of hydrogen-bond acceptors (Lipinski definition) is 5. The molecule has 0 aromatic carbocycles. The van der Waals surface area contributed by atoms with Crippen LogP contribution in [0.15, 0.2) is 18.5 Å². The van der Waals surface area contributed by atoms with Crippen LogP contribution in [0.5, 0.6) is 0 Å². The molecule has 1 atom stereocenters. The van der Waals surface area contributed by atoms with Crippen LogP contribution in [-0.2, 0) is 9.53 Å². The lowest BCUT2D eigenvalue weighted by atomic mass is 9.95. The minimum absolute atomic E-state index is 0.0873. The lowest BCUT2D eigenvalue weighted by molar-refractivity contribution is -0.141. The number of likely N-dealkylation sites (tertiary alicyclic amines) is 1. The Morgan fingerprint density at radius 3 is 2.81 bits per heavy atom. The summed E-state index contributed by atoms with van der Waals surface area (Å²) in [7, 11) is 0. The molecule has 2 amide bonds. The molecule has 2 aliphatic rings. The van der Waals surface area contributed by atoms with Gasteiger partial charge in [-0.15, -0.1) is 0 Å². The molecule has 2 fully saturated rings. The zero-order chi connectivity index (χ0) is 18.1. The van der Waals surface area contributed by atoms with Gasteiger partial charge < -0.3 is 14.5 Å². The predicted molar refractivity (Wildman–Crippen MR) is 93.8 cm³/mol. The minimum atomic E-state index is -0.138. The van der Waals surface area contributed by atoms with Gasteiger partial charge in [0.1, 0.15) is 5.56 Å². The highest BCUT2D eigenvalue weighted by Crippen LogP contribution is 2.23. The van der Waals surface area contributed by atoms with Crippen molar-refractivity contribution in [3.05, 3.63) is 29.7 Å². The van der Waals surface area contributed by atoms with E-state index in [1.165, 1.54) is 0 Å². The van der Waals surface area contributed by atoms with Crippen LogP contribution in [0.2, 0.25) is 0 Å². The maximum atomic E-state index is 13.1. The van der Waals surface area contributed by atoms with E-state index in [1.54, 1.807) is 27.9 Å². The fraction of sp³-hybridized carbons (Fsp3) is 0.556. The molecule has 0 bridgehead atoms. The van der Waals surface area contributed by atoms with Gasteiger partial charge in [0.05, 0.1) is 24.8 Å². The molecule has 8 heteroatoms. The van der Waals surface area contributed by atoms with E-state index in [0.29, 0.717) is 56.3 Å². The summed E-state index contributed by atoms with van der Waals surface area (Å²) < 4.78 is 6.95. The summed E-state index contributed by atoms with van der Waals surface area (Å²) in [4.78, 5) is 33.9. The van der Waals surface area contributed by atoms with E-state index in [9.17, 15) is 9.59 Å². The van der Waals surface area contributed by atoms with Crippen LogP contribution in [0, 0.1) is 12.8 Å². The topological polar surface area (TPSA) is 80.0 Å². The van der Waals surface area contributed by atoms with E-state index >= 15 is 0 Å². The van der Waals surface area contributed by atoms with Crippen LogP contribution in [0.4, 0.5) is 0 Å². The first-order chi connectivity index (χ1) is 12.6. The van der Waals surface area contributed by atoms with E-state index in [0.717, 1.165) is 12.8 Å². The number of aromatic nitrogens is 3. The highest BCUT2D eigenvalue weighted by Gasteiger charge is 2.33. The molecular formula is C18H23N5O3. The second kappa shape index (κ2) is 7.03. The molecule has 4 rings (SSSR count). The summed E-state index contributed by atoms with van der Waals surface area (Å²) in [5, 5.41) is 4.37. The third kappa shape index (κ3) is 3.05. The van der Waals surface area contributed by atoms with Gasteiger partial charge in [0.15, 0.2) is 5.65 Å². The fourth-order valence-corrected chi connectivity index (χ4v) is 3.81. The molecule has 2 aromatic heterocycles. The SMILES string of the molecule is Cc1nn2cccnc2c1C(=O)N1CCCC(C(=O)N2CCOCC2)C1. The molecule has 8 nitrogen and oxygen atoms in total. The third-order valence-corrected chi connectivity index (χ3v) is 5.16. The van der Waals surface area contributed by atoms with Crippen LogP contribution in [0.1, 0.15) is 28.9 Å². The second-order valence-electron chi connectivity index (χ2n) is 6.88. The predicted octanol–water partition coefficient (Wildman–Crippen LogP) is 0.749. The third-order valence-electron chi connectivity index (χ3n) is 5.16. The Bertz CT molecular complexity index is 827. The van der Waals surface area contributed by atoms with Gasteiger partial charge >= 0.3 is 0 Å². The average molecular weight is 357 g/mol. The molecule has 26 heavy (non-hydrogen) atoms. The number of hydrogen-bond donors (Lipinski definition) is 0. The Kier molecular flexibility index (Phi) is 4.58. The Hall–Kier alpha value is -2.48. The monoisotopic (exact) mass is 357 g/mol. The molecule has 4 heterocycles. The summed E-state index contributed by atoms with van der Waals surface area (Å²) in [6.07, 6.45) is 5.10. The van der Waals surface area contributed by atoms with E-state index in [4.69, 9.17) is 4.74 Å². The second-order valence-corrected chi connectivity index (χ2v) is 6.88. The summed E-state index contributed by atoms with van der Waals surface area (Å²) in [6.45, 7) is 5.40. The number of aryl methyl sites for hydroxylation is 1. The van der Waals surface area contributed by atoms with Crippen LogP contribution in [0.3, 0.4) is 0 Å². The van der Waals surface area contributed by atoms with E-state index < -0.39 is 0 Å². The molecule has 1 unspecified atom stereocenters. The molecule has 0 N–H and O–H groups in total. The van der Waals surface area contributed by atoms with Crippen LogP contribution in [-0.4, -0.2) is 75.6 Å². The zero-order valence-corrected chi connectivity index (χ0v) is 14.9. The largest absolute Gasteiger partial charge is 0.378 e. The number of ether oxygens (including phenoxy) is 1. The van der Waals surface area contributed by atoms with Crippen molar-refractivity contribution in [2.24, 2.45) is 5.92 Å². The first kappa shape index (κ1) is 17.0. The smallest absolute Gasteiger partial charge is 0.259 e. The highest BCUT2D eigenvalue weighted by atomic mass is 16.5. The maximum absolute atomic E-state index is 13.1. The van der Waals surface area contributed by atoms with Crippen molar-refractivity contribution in [3.63, 3.8) is 0 Å². The van der Waals surface area contributed by atoms with Gasteiger partial charge in [0, 0.05) is 38.6 Å². The van der Waals surface area contributed by atoms with Crippen LogP contribution in [0.25, 0.3) is 5.65 Å². The Balaban J connectivity index is 1.52. The molecule has 2 saturated heterocycles. The van der Waals surface area contributed by atoms with E-state index in [-0.39, 0.29) is 17.7 Å². The van der Waals surface area contributed by atoms with E-state index in [2.05, 4.69) is 10.1 Å². The van der Waals surface area contributed by atoms with Crippen molar-refractivity contribution in [3.8, 4) is 0 Å². The average Bonchev–Trinajstić information content (AvgIpc) is 3.03. The zero-order valence-electron chi connectivity index (χ0n) is 14.9. The first-order valence-corrected chi connectivity index (χ1v) is 9.11. The number of morpholine rings is 1. The minimum Gasteiger partial charge on any atom is -0.378 e. The van der Waals surface area contributed by atoms with Crippen molar-refractivity contribution < 1.29 is 14.3 Å². The van der Waals surface area contributed by atoms with Crippen molar-refractivity contribution in [1.82, 2.24) is 24.4 Å². The number of carbonyl (C=O) groups excluding carboxylic acids is 2. The van der Waals surface area contributed by atoms with Crippen LogP contribution >= 0.6 is 0 Å². The normalized spacial score (nSPS) is 21.2. The van der Waals surface area contributed by atoms with E-state index in [1.807, 2.05) is 11.8 Å². The van der Waals surface area contributed by atoms with Crippen molar-refractivity contribution in [2.75, 3.05) is 39.4 Å². The van der Waals surface area contributed by atoms with Gasteiger partial charge in [-0.1, -0.05) is 0 Å². The molecule has 138 valence electrons. The summed E-state index contributed by atoms with van der Waals surface area (Å²) in [5.74, 6) is -0.0860. The van der Waals surface area contributed by atoms with Crippen molar-refractivity contribution in [2.45, 2.75) is 19.8 Å². The number of carbonyl (C=O) groups is 2. The molecule has 2 aromatic rings. The van der Waals surface area contributed by atoms with Gasteiger partial charge in [0.25, 0.3) is 5.91 Å². The lowest BCUT2D eigenvalue weighted by Crippen LogP contribution is -2.49. The summed E-state index contributed by atoms with van der Waals surface area (Å²) in [5.41, 5.74) is 1.76. The molecule has 0 radical (unpaired) electrons. The Morgan fingerprint density at radius 1 is 1.19 bits per heavy atom. The number of fused-ring (bicyclic) bond motifs is 1. The molecule has 2 aliphatic heterocycles. The fourth-order valence-electron chi connectivity index (χ4n) is 3.81. The van der Waals surface area contributed by atoms with Gasteiger partial charge in [0.2, 0.25) is 5.91 Å². The Labute approximate surface area is 151 Å². The number of rotatable bonds is 2. The number of amides is 2. The van der Waals surface area contributed by atoms with Gasteiger partial charge in [-0.3, -0.25) is 9.59 Å². The highest BCUT2D eigenvalue weighted by molar-refractivity contribution is 6.01. The Morgan fingerprint density at radius 2 is 2.00 bits per heavy atom. The first-order valence-electron chi connectivity index (χ1n) is 9.11. The molecule has 0 aliphatic carbocycles. The quantitative estimate of drug-likeness (QED) is 0.792. The maximum Gasteiger partial charge on any atom is 0.259 e. The number of piperidine rings is 1. The number of nitrogens with zero attached hydrogens (tertiary/aromatic N) is 5. The lowest BCUT2D eigenvalue weighted by Gasteiger charge is -2.36. The van der Waals surface area contributed by atoms with Gasteiger partial charge in [-0.25, -0.2) is 9.50 Å². The van der Waals surface area contributed by atoms with Crippen molar-refractivity contribution in [1.29, 1.82) is 0 Å². The standard InChI is InChI=1S/C18H23N5O3/c1-13-15(16-19-5-3-7-23(16)20-13)18(25)22-6-2-4-14(12-22)17(24)21-8-10-26-11-9-21/h3,5,7,14H,2,4,6,8-12H2,1H3. The van der Waals surface area contributed by atoms with Crippen LogP contribution < -0.4 is 0 Å². The summed E-state index contributed by atoms with van der Waals surface area (Å²) >= 11 is 0. The summed E-state index contributed by atoms with van der Waals surface area (Å²) in [6, 6.07) is 1.78. The molecular weight excluding hydrogens is 334 g/mol. The van der Waals surface area contributed by atoms with Gasteiger partial charge in [-0.05, 0) is 25.8 Å². The van der Waals surface area contributed by atoms with Crippen molar-refractivity contribution >= 4 is 17.5 Å². The van der Waals surface area contributed by atoms with Gasteiger partial charge in [-0.2, -0.15) is 5.10 Å².